The lowest BCUT2D eigenvalue weighted by Crippen LogP contribution is -2.52. The van der Waals surface area contributed by atoms with Gasteiger partial charge in [0.1, 0.15) is 11.6 Å². The maximum absolute atomic E-state index is 12.6. The molecule has 0 spiro atoms. The molecule has 1 saturated heterocycles. The topological polar surface area (TPSA) is 106 Å². The third kappa shape index (κ3) is 7.32. The van der Waals surface area contributed by atoms with Crippen molar-refractivity contribution in [1.82, 2.24) is 15.8 Å². The number of carbonyl (C=O) groups excluding carboxylic acids is 3. The van der Waals surface area contributed by atoms with Gasteiger partial charge in [-0.25, -0.2) is 4.79 Å². The maximum atomic E-state index is 12.6. The van der Waals surface area contributed by atoms with E-state index in [9.17, 15) is 14.4 Å². The Morgan fingerprint density at radius 3 is 2.50 bits per heavy atom. The predicted octanol–water partition coefficient (Wildman–Crippen LogP) is 3.28. The first-order chi connectivity index (χ1) is 15.0. The van der Waals surface area contributed by atoms with E-state index in [4.69, 9.17) is 14.2 Å². The number of benzene rings is 1. The summed E-state index contributed by atoms with van der Waals surface area (Å²) in [6.07, 6.45) is 1.54. The molecule has 1 fully saturated rings. The summed E-state index contributed by atoms with van der Waals surface area (Å²) in [5, 5.41) is 0. The van der Waals surface area contributed by atoms with Crippen molar-refractivity contribution in [1.29, 1.82) is 0 Å². The van der Waals surface area contributed by atoms with Gasteiger partial charge < -0.3 is 14.2 Å². The van der Waals surface area contributed by atoms with E-state index in [1.54, 1.807) is 39.0 Å². The maximum Gasteiger partial charge on any atom is 0.410 e. The van der Waals surface area contributed by atoms with Gasteiger partial charge in [0.05, 0.1) is 13.7 Å². The number of rotatable bonds is 7. The summed E-state index contributed by atoms with van der Waals surface area (Å²) in [5.41, 5.74) is 4.45. The molecule has 0 aromatic heterocycles. The average molecular weight is 450 g/mol. The largest absolute Gasteiger partial charge is 0.493 e. The second-order valence-corrected chi connectivity index (χ2v) is 9.17. The molecular formula is C23H35N3O6. The van der Waals surface area contributed by atoms with Crippen LogP contribution >= 0.6 is 0 Å². The fourth-order valence-electron chi connectivity index (χ4n) is 3.18. The van der Waals surface area contributed by atoms with Crippen LogP contribution in [0, 0.1) is 5.92 Å². The smallest absolute Gasteiger partial charge is 0.410 e. The van der Waals surface area contributed by atoms with Crippen LogP contribution in [-0.4, -0.2) is 54.7 Å². The molecular weight excluding hydrogens is 414 g/mol. The van der Waals surface area contributed by atoms with E-state index in [-0.39, 0.29) is 0 Å². The van der Waals surface area contributed by atoms with E-state index in [2.05, 4.69) is 24.7 Å². The number of likely N-dealkylation sites (tertiary alicyclic amines) is 1. The second-order valence-electron chi connectivity index (χ2n) is 9.17. The van der Waals surface area contributed by atoms with Crippen LogP contribution in [-0.2, 0) is 9.53 Å². The van der Waals surface area contributed by atoms with Crippen LogP contribution in [0.1, 0.15) is 64.2 Å². The van der Waals surface area contributed by atoms with Gasteiger partial charge in [-0.3, -0.25) is 25.3 Å². The Balaban J connectivity index is 1.95. The minimum atomic E-state index is -0.698. The molecule has 9 heteroatoms. The minimum absolute atomic E-state index is 0.300. The molecule has 2 rings (SSSR count). The van der Waals surface area contributed by atoms with E-state index in [1.165, 1.54) is 12.0 Å². The number of nitrogens with one attached hydrogen (secondary N) is 2. The molecule has 1 atom stereocenters. The standard InChI is InChI=1S/C23H35N3O6/c1-15(2)11-13-31-18-10-9-16(14-19(18)30-6)20(27)24-25-21(28)17-8-7-12-26(17)22(29)32-23(3,4)5/h9-10,14-15,17H,7-8,11-13H2,1-6H3,(H,24,27)(H,25,28). The number of hydrazine groups is 1. The molecule has 9 nitrogen and oxygen atoms in total. The van der Waals surface area contributed by atoms with Crippen LogP contribution in [0.25, 0.3) is 0 Å². The molecule has 0 saturated carbocycles. The fourth-order valence-corrected chi connectivity index (χ4v) is 3.18. The number of carbonyl (C=O) groups is 3. The van der Waals surface area contributed by atoms with E-state index in [0.29, 0.717) is 49.0 Å². The van der Waals surface area contributed by atoms with Gasteiger partial charge in [-0.1, -0.05) is 13.8 Å². The Bertz CT molecular complexity index is 818. The van der Waals surface area contributed by atoms with Gasteiger partial charge in [0.15, 0.2) is 11.5 Å². The number of nitrogens with zero attached hydrogens (tertiary/aromatic N) is 1. The number of hydrogen-bond donors (Lipinski definition) is 2. The van der Waals surface area contributed by atoms with Crippen LogP contribution in [0.3, 0.4) is 0 Å². The van der Waals surface area contributed by atoms with Gasteiger partial charge in [-0.15, -0.1) is 0 Å². The molecule has 2 N–H and O–H groups in total. The summed E-state index contributed by atoms with van der Waals surface area (Å²) in [7, 11) is 1.50. The lowest BCUT2D eigenvalue weighted by molar-refractivity contribution is -0.126. The molecule has 3 amide bonds. The lowest BCUT2D eigenvalue weighted by Gasteiger charge is -2.28. The highest BCUT2D eigenvalue weighted by atomic mass is 16.6. The highest BCUT2D eigenvalue weighted by Crippen LogP contribution is 2.28. The molecule has 0 bridgehead atoms. The van der Waals surface area contributed by atoms with Gasteiger partial charge in [-0.2, -0.15) is 0 Å². The van der Waals surface area contributed by atoms with Crippen LogP contribution in [0.2, 0.25) is 0 Å². The molecule has 1 heterocycles. The monoisotopic (exact) mass is 449 g/mol. The normalized spacial score (nSPS) is 16.0. The average Bonchev–Trinajstić information content (AvgIpc) is 3.20. The summed E-state index contributed by atoms with van der Waals surface area (Å²) >= 11 is 0. The van der Waals surface area contributed by atoms with Gasteiger partial charge in [-0.05, 0) is 64.2 Å². The third-order valence-corrected chi connectivity index (χ3v) is 4.86. The molecule has 32 heavy (non-hydrogen) atoms. The summed E-state index contributed by atoms with van der Waals surface area (Å²) in [5.74, 6) is 0.516. The summed E-state index contributed by atoms with van der Waals surface area (Å²) in [4.78, 5) is 38.9. The second kappa shape index (κ2) is 11.1. The van der Waals surface area contributed by atoms with Crippen LogP contribution < -0.4 is 20.3 Å². The summed E-state index contributed by atoms with van der Waals surface area (Å²) in [6.45, 7) is 10.5. The summed E-state index contributed by atoms with van der Waals surface area (Å²) in [6, 6.07) is 4.11. The first kappa shape index (κ1) is 25.3. The Hall–Kier alpha value is -2.97. The third-order valence-electron chi connectivity index (χ3n) is 4.86. The Labute approximate surface area is 189 Å². The van der Waals surface area contributed by atoms with Gasteiger partial charge >= 0.3 is 6.09 Å². The zero-order chi connectivity index (χ0) is 23.9. The van der Waals surface area contributed by atoms with Crippen molar-refractivity contribution >= 4 is 17.9 Å². The highest BCUT2D eigenvalue weighted by Gasteiger charge is 2.36. The minimum Gasteiger partial charge on any atom is -0.493 e. The SMILES string of the molecule is COc1cc(C(=O)NNC(=O)C2CCCN2C(=O)OC(C)(C)C)ccc1OCCC(C)C. The van der Waals surface area contributed by atoms with Crippen LogP contribution in [0.15, 0.2) is 18.2 Å². The van der Waals surface area contributed by atoms with Crippen molar-refractivity contribution < 1.29 is 28.6 Å². The van der Waals surface area contributed by atoms with Crippen molar-refractivity contribution in [3.8, 4) is 11.5 Å². The summed E-state index contributed by atoms with van der Waals surface area (Å²) < 4.78 is 16.4. The fraction of sp³-hybridized carbons (Fsp3) is 0.609. The van der Waals surface area contributed by atoms with Crippen molar-refractivity contribution in [3.63, 3.8) is 0 Å². The Morgan fingerprint density at radius 1 is 1.16 bits per heavy atom. The molecule has 178 valence electrons. The van der Waals surface area contributed by atoms with Crippen molar-refractivity contribution in [3.05, 3.63) is 23.8 Å². The van der Waals surface area contributed by atoms with Gasteiger partial charge in [0.25, 0.3) is 11.8 Å². The molecule has 1 aromatic rings. The van der Waals surface area contributed by atoms with Gasteiger partial charge in [0, 0.05) is 12.1 Å². The van der Waals surface area contributed by atoms with E-state index < -0.39 is 29.6 Å². The van der Waals surface area contributed by atoms with E-state index in [0.717, 1.165) is 6.42 Å². The zero-order valence-corrected chi connectivity index (χ0v) is 19.8. The van der Waals surface area contributed by atoms with Gasteiger partial charge in [0.2, 0.25) is 0 Å². The molecule has 0 radical (unpaired) electrons. The van der Waals surface area contributed by atoms with Crippen molar-refractivity contribution in [2.75, 3.05) is 20.3 Å². The molecule has 1 aliphatic rings. The Kier molecular flexibility index (Phi) is 8.74. The van der Waals surface area contributed by atoms with E-state index in [1.807, 2.05) is 0 Å². The first-order valence-corrected chi connectivity index (χ1v) is 10.9. The molecule has 1 aliphatic heterocycles. The number of amides is 3. The zero-order valence-electron chi connectivity index (χ0n) is 19.8. The predicted molar refractivity (Wildman–Crippen MR) is 120 cm³/mol. The Morgan fingerprint density at radius 2 is 1.88 bits per heavy atom. The highest BCUT2D eigenvalue weighted by molar-refractivity contribution is 5.96. The van der Waals surface area contributed by atoms with Crippen LogP contribution in [0.4, 0.5) is 4.79 Å². The molecule has 1 unspecified atom stereocenters. The number of methoxy groups -OCH3 is 1. The molecule has 0 aliphatic carbocycles. The van der Waals surface area contributed by atoms with Crippen molar-refractivity contribution in [2.24, 2.45) is 5.92 Å². The number of hydrogen-bond acceptors (Lipinski definition) is 6. The lowest BCUT2D eigenvalue weighted by atomic mass is 10.1. The number of ether oxygens (including phenoxy) is 3. The van der Waals surface area contributed by atoms with Crippen molar-refractivity contribution in [2.45, 2.75) is 65.5 Å². The quantitative estimate of drug-likeness (QED) is 0.619. The van der Waals surface area contributed by atoms with E-state index >= 15 is 0 Å². The first-order valence-electron chi connectivity index (χ1n) is 10.9. The van der Waals surface area contributed by atoms with Crippen LogP contribution in [0.5, 0.6) is 11.5 Å². The molecule has 1 aromatic carbocycles.